The minimum absolute atomic E-state index is 0. The fraction of sp³-hybridized carbons (Fsp3) is 0.882. The maximum Gasteiger partial charge on any atom is 0.242 e. The van der Waals surface area contributed by atoms with Crippen LogP contribution < -0.4 is 16.0 Å². The van der Waals surface area contributed by atoms with Gasteiger partial charge in [-0.1, -0.05) is 19.3 Å². The zero-order valence-electron chi connectivity index (χ0n) is 15.2. The van der Waals surface area contributed by atoms with E-state index in [1.165, 1.54) is 19.3 Å². The number of nitrogens with zero attached hydrogens (tertiary/aromatic N) is 1. The Morgan fingerprint density at radius 3 is 2.54 bits per heavy atom. The van der Waals surface area contributed by atoms with Crippen LogP contribution in [0.3, 0.4) is 0 Å². The number of hydrogen-bond donors (Lipinski definition) is 3. The van der Waals surface area contributed by atoms with Gasteiger partial charge in [-0.2, -0.15) is 0 Å². The number of aliphatic imine (C=N–C) groups is 1. The zero-order chi connectivity index (χ0) is 16.8. The number of guanidine groups is 1. The molecule has 0 unspecified atom stereocenters. The maximum atomic E-state index is 12.0. The first kappa shape index (κ1) is 23.4. The summed E-state index contributed by atoms with van der Waals surface area (Å²) < 4.78 is 5.31. The Hall–Kier alpha value is -0.570. The van der Waals surface area contributed by atoms with E-state index in [1.54, 1.807) is 0 Å². The minimum Gasteiger partial charge on any atom is -0.382 e. The van der Waals surface area contributed by atoms with Crippen molar-refractivity contribution in [3.63, 3.8) is 0 Å². The van der Waals surface area contributed by atoms with Crippen LogP contribution in [0.2, 0.25) is 0 Å². The Balaban J connectivity index is 0.00000529. The highest BCUT2D eigenvalue weighted by molar-refractivity contribution is 14.0. The minimum atomic E-state index is 0. The molecule has 1 amide bonds. The smallest absolute Gasteiger partial charge is 0.242 e. The number of unbranched alkanes of at least 4 members (excludes halogenated alkanes) is 1. The van der Waals surface area contributed by atoms with E-state index >= 15 is 0 Å². The summed E-state index contributed by atoms with van der Waals surface area (Å²) >= 11 is 0. The fourth-order valence-electron chi connectivity index (χ4n) is 2.69. The number of hydrogen-bond acceptors (Lipinski definition) is 3. The standard InChI is InChI=1S/C17H34N4O2.HI/c1-3-18-17(19-12-8-9-13-23-4-2)20-14-16(22)21-15-10-6-5-7-11-15;/h15H,3-14H2,1-2H3,(H,21,22)(H2,18,19,20);1H. The summed E-state index contributed by atoms with van der Waals surface area (Å²) in [6, 6.07) is 0.348. The van der Waals surface area contributed by atoms with Gasteiger partial charge in [0.25, 0.3) is 0 Å². The van der Waals surface area contributed by atoms with Crippen molar-refractivity contribution in [1.29, 1.82) is 0 Å². The second-order valence-electron chi connectivity index (χ2n) is 5.93. The van der Waals surface area contributed by atoms with Crippen molar-refractivity contribution in [1.82, 2.24) is 16.0 Å². The largest absolute Gasteiger partial charge is 0.382 e. The van der Waals surface area contributed by atoms with Crippen molar-refractivity contribution in [2.75, 3.05) is 32.8 Å². The van der Waals surface area contributed by atoms with Crippen LogP contribution in [0, 0.1) is 0 Å². The molecule has 1 fully saturated rings. The number of halogens is 1. The normalized spacial score (nSPS) is 15.5. The van der Waals surface area contributed by atoms with E-state index in [4.69, 9.17) is 4.74 Å². The van der Waals surface area contributed by atoms with E-state index in [9.17, 15) is 4.79 Å². The highest BCUT2D eigenvalue weighted by Crippen LogP contribution is 2.17. The maximum absolute atomic E-state index is 12.0. The highest BCUT2D eigenvalue weighted by atomic mass is 127. The number of carbonyl (C=O) groups is 1. The van der Waals surface area contributed by atoms with Crippen molar-refractivity contribution in [2.45, 2.75) is 64.8 Å². The van der Waals surface area contributed by atoms with Gasteiger partial charge < -0.3 is 20.7 Å². The first-order valence-corrected chi connectivity index (χ1v) is 9.15. The lowest BCUT2D eigenvalue weighted by Gasteiger charge is -2.22. The van der Waals surface area contributed by atoms with Crippen LogP contribution >= 0.6 is 24.0 Å². The van der Waals surface area contributed by atoms with Gasteiger partial charge in [-0.25, -0.2) is 4.99 Å². The van der Waals surface area contributed by atoms with Crippen molar-refractivity contribution in [2.24, 2.45) is 4.99 Å². The van der Waals surface area contributed by atoms with Crippen molar-refractivity contribution in [3.05, 3.63) is 0 Å². The summed E-state index contributed by atoms with van der Waals surface area (Å²) in [5.74, 6) is 0.730. The quantitative estimate of drug-likeness (QED) is 0.205. The molecule has 0 spiro atoms. The molecule has 0 heterocycles. The van der Waals surface area contributed by atoms with Gasteiger partial charge in [0.1, 0.15) is 6.54 Å². The van der Waals surface area contributed by atoms with E-state index in [-0.39, 0.29) is 36.4 Å². The van der Waals surface area contributed by atoms with E-state index in [2.05, 4.69) is 20.9 Å². The highest BCUT2D eigenvalue weighted by Gasteiger charge is 2.15. The van der Waals surface area contributed by atoms with E-state index in [1.807, 2.05) is 13.8 Å². The Labute approximate surface area is 164 Å². The van der Waals surface area contributed by atoms with Gasteiger partial charge in [-0.15, -0.1) is 24.0 Å². The Morgan fingerprint density at radius 1 is 1.12 bits per heavy atom. The average Bonchev–Trinajstić information content (AvgIpc) is 2.56. The third-order valence-corrected chi connectivity index (χ3v) is 3.91. The summed E-state index contributed by atoms with van der Waals surface area (Å²) in [6.07, 6.45) is 8.00. The van der Waals surface area contributed by atoms with Gasteiger partial charge in [-0.05, 0) is 39.5 Å². The summed E-state index contributed by atoms with van der Waals surface area (Å²) in [4.78, 5) is 16.3. The SMILES string of the molecule is CCNC(=NCC(=O)NC1CCCCC1)NCCCCOCC.I. The average molecular weight is 454 g/mol. The molecule has 1 aliphatic rings. The molecule has 0 aliphatic heterocycles. The topological polar surface area (TPSA) is 74.8 Å². The van der Waals surface area contributed by atoms with Crippen molar-refractivity contribution >= 4 is 35.8 Å². The molecule has 0 atom stereocenters. The van der Waals surface area contributed by atoms with Crippen LogP contribution in [0.5, 0.6) is 0 Å². The number of ether oxygens (including phenoxy) is 1. The van der Waals surface area contributed by atoms with E-state index in [0.29, 0.717) is 12.0 Å². The second-order valence-corrected chi connectivity index (χ2v) is 5.93. The number of carbonyl (C=O) groups excluding carboxylic acids is 1. The van der Waals surface area contributed by atoms with Crippen LogP contribution in [-0.4, -0.2) is 50.8 Å². The molecular formula is C17H35IN4O2. The van der Waals surface area contributed by atoms with Gasteiger partial charge in [0.15, 0.2) is 5.96 Å². The van der Waals surface area contributed by atoms with Gasteiger partial charge in [0.2, 0.25) is 5.91 Å². The van der Waals surface area contributed by atoms with Gasteiger partial charge in [-0.3, -0.25) is 4.79 Å². The predicted octanol–water partition coefficient (Wildman–Crippen LogP) is 2.43. The molecule has 0 radical (unpaired) electrons. The molecule has 1 aliphatic carbocycles. The second kappa shape index (κ2) is 15.9. The lowest BCUT2D eigenvalue weighted by Crippen LogP contribution is -2.40. The molecule has 3 N–H and O–H groups in total. The van der Waals surface area contributed by atoms with Gasteiger partial charge >= 0.3 is 0 Å². The molecule has 142 valence electrons. The summed E-state index contributed by atoms with van der Waals surface area (Å²) in [5, 5.41) is 9.52. The number of amides is 1. The molecular weight excluding hydrogens is 419 g/mol. The number of rotatable bonds is 10. The van der Waals surface area contributed by atoms with Crippen molar-refractivity contribution in [3.8, 4) is 0 Å². The summed E-state index contributed by atoms with van der Waals surface area (Å²) in [6.45, 7) is 7.41. The summed E-state index contributed by atoms with van der Waals surface area (Å²) in [7, 11) is 0. The molecule has 1 rings (SSSR count). The van der Waals surface area contributed by atoms with Gasteiger partial charge in [0, 0.05) is 32.3 Å². The molecule has 0 bridgehead atoms. The van der Waals surface area contributed by atoms with Crippen LogP contribution in [0.4, 0.5) is 0 Å². The fourth-order valence-corrected chi connectivity index (χ4v) is 2.69. The molecule has 1 saturated carbocycles. The third kappa shape index (κ3) is 11.9. The molecule has 0 aromatic carbocycles. The first-order chi connectivity index (χ1) is 11.3. The van der Waals surface area contributed by atoms with E-state index in [0.717, 1.165) is 52.0 Å². The van der Waals surface area contributed by atoms with Crippen LogP contribution in [0.15, 0.2) is 4.99 Å². The molecule has 7 heteroatoms. The van der Waals surface area contributed by atoms with Crippen LogP contribution in [0.1, 0.15) is 58.8 Å². The van der Waals surface area contributed by atoms with Crippen LogP contribution in [-0.2, 0) is 9.53 Å². The van der Waals surface area contributed by atoms with Gasteiger partial charge in [0.05, 0.1) is 0 Å². The lowest BCUT2D eigenvalue weighted by atomic mass is 9.95. The monoisotopic (exact) mass is 454 g/mol. The van der Waals surface area contributed by atoms with Crippen molar-refractivity contribution < 1.29 is 9.53 Å². The summed E-state index contributed by atoms with van der Waals surface area (Å²) in [5.41, 5.74) is 0. The Morgan fingerprint density at radius 2 is 1.88 bits per heavy atom. The van der Waals surface area contributed by atoms with Crippen LogP contribution in [0.25, 0.3) is 0 Å². The third-order valence-electron chi connectivity index (χ3n) is 3.91. The number of nitrogens with one attached hydrogen (secondary N) is 3. The Kier molecular flexibility index (Phi) is 15.6. The molecule has 24 heavy (non-hydrogen) atoms. The molecule has 0 aromatic rings. The first-order valence-electron chi connectivity index (χ1n) is 9.15. The zero-order valence-corrected chi connectivity index (χ0v) is 17.6. The molecule has 0 saturated heterocycles. The lowest BCUT2D eigenvalue weighted by molar-refractivity contribution is -0.120. The van der Waals surface area contributed by atoms with E-state index < -0.39 is 0 Å². The predicted molar refractivity (Wildman–Crippen MR) is 110 cm³/mol. The Bertz CT molecular complexity index is 347. The molecule has 0 aromatic heterocycles. The molecule has 6 nitrogen and oxygen atoms in total.